The Morgan fingerprint density at radius 2 is 0.495 bits per heavy atom. The average molecular weight is 1250 g/mol. The number of hydrogen-bond donors (Lipinski definition) is 0. The van der Waals surface area contributed by atoms with Crippen LogP contribution in [-0.4, -0.2) is 0 Å². The molecule has 0 radical (unpaired) electrons. The first-order chi connectivity index (χ1) is 54.7. The Balaban J connectivity index is 0.000000153. The summed E-state index contributed by atoms with van der Waals surface area (Å²) in [5.74, 6) is 0. The van der Waals surface area contributed by atoms with Gasteiger partial charge in [-0.1, -0.05) is 321 Å². The second kappa shape index (κ2) is 23.1. The number of hydrogen-bond acceptors (Lipinski definition) is 1. The van der Waals surface area contributed by atoms with Gasteiger partial charge in [0, 0.05) is 10.8 Å². The van der Waals surface area contributed by atoms with Crippen molar-refractivity contribution in [1.29, 1.82) is 0 Å². The molecular weight excluding hydrogens is 1170 g/mol. The molecule has 1 aromatic heterocycles. The van der Waals surface area contributed by atoms with Crippen molar-refractivity contribution in [3.05, 3.63) is 364 Å². The smallest absolute Gasteiger partial charge is 0.136 e. The zero-order chi connectivity index (χ0) is 77.8. The Morgan fingerprint density at radius 1 is 0.186 bits per heavy atom. The lowest BCUT2D eigenvalue weighted by molar-refractivity contribution is 0.669. The molecule has 0 spiro atoms. The van der Waals surface area contributed by atoms with Gasteiger partial charge in [0.1, 0.15) is 11.2 Å². The van der Waals surface area contributed by atoms with Crippen molar-refractivity contribution in [2.75, 3.05) is 0 Å². The maximum Gasteiger partial charge on any atom is 0.136 e. The lowest BCUT2D eigenvalue weighted by Crippen LogP contribution is -1.92. The first-order valence-corrected chi connectivity index (χ1v) is 32.2. The van der Waals surface area contributed by atoms with E-state index in [0.717, 1.165) is 98.0 Å². The van der Waals surface area contributed by atoms with Crippen molar-refractivity contribution >= 4 is 119 Å². The highest BCUT2D eigenvalue weighted by molar-refractivity contribution is 6.31. The summed E-state index contributed by atoms with van der Waals surface area (Å²) in [6.45, 7) is 0. The SMILES string of the molecule is [2H]c1c([2H])c([2H])c2c(-c3cc4oc5ccc6ccccc6c5c4c4ccccc34)c3c([2H])c([2H])c([2H])c([2H])c3c(-c3ccc4cc(-c5ccccc5)ccc4c3)c2c1[2H].[2H]c1c([2H])c([2H])c2c(-c3ccc4cc(-c5ccccc5)ccc4c3)c3c([2H])c([2H])c([2H])c([2H])c3c(-c3ccc(-c4ccc5ccccc5c4)cc3)c2c1[2H]. The molecule has 0 aliphatic heterocycles. The Hall–Kier alpha value is -12.7. The molecule has 0 atom stereocenters. The van der Waals surface area contributed by atoms with E-state index in [2.05, 4.69) is 54.6 Å². The van der Waals surface area contributed by atoms with E-state index in [9.17, 15) is 11.0 Å². The summed E-state index contributed by atoms with van der Waals surface area (Å²) >= 11 is 0. The summed E-state index contributed by atoms with van der Waals surface area (Å²) in [5, 5.41) is 12.8. The predicted octanol–water partition coefficient (Wildman–Crippen LogP) is 27.3. The van der Waals surface area contributed by atoms with Crippen molar-refractivity contribution in [3.63, 3.8) is 0 Å². The van der Waals surface area contributed by atoms with E-state index in [0.29, 0.717) is 50.1 Å². The van der Waals surface area contributed by atoms with Crippen molar-refractivity contribution in [2.45, 2.75) is 0 Å². The van der Waals surface area contributed by atoms with E-state index in [4.69, 9.17) is 15.4 Å². The van der Waals surface area contributed by atoms with E-state index in [-0.39, 0.29) is 97.0 Å². The monoisotopic (exact) mass is 1240 g/mol. The van der Waals surface area contributed by atoms with Crippen molar-refractivity contribution < 1.29 is 26.3 Å². The molecule has 0 N–H and O–H groups in total. The van der Waals surface area contributed by atoms with Gasteiger partial charge in [-0.3, -0.25) is 0 Å². The van der Waals surface area contributed by atoms with E-state index in [1.807, 2.05) is 212 Å². The predicted molar refractivity (Wildman–Crippen MR) is 416 cm³/mol. The van der Waals surface area contributed by atoms with Crippen molar-refractivity contribution in [1.82, 2.24) is 0 Å². The molecule has 0 unspecified atom stereocenters. The molecule has 1 heteroatoms. The van der Waals surface area contributed by atoms with Crippen LogP contribution in [-0.2, 0) is 0 Å². The zero-order valence-corrected chi connectivity index (χ0v) is 51.8. The van der Waals surface area contributed by atoms with Gasteiger partial charge in [0.2, 0.25) is 0 Å². The van der Waals surface area contributed by atoms with Gasteiger partial charge in [-0.25, -0.2) is 0 Å². The van der Waals surface area contributed by atoms with Crippen molar-refractivity contribution in [2.24, 2.45) is 0 Å². The fourth-order valence-corrected chi connectivity index (χ4v) is 14.6. The Morgan fingerprint density at radius 3 is 0.979 bits per heavy atom. The summed E-state index contributed by atoms with van der Waals surface area (Å²) in [4.78, 5) is 0. The van der Waals surface area contributed by atoms with Crippen LogP contribution in [0, 0.1) is 0 Å². The fourth-order valence-electron chi connectivity index (χ4n) is 14.6. The highest BCUT2D eigenvalue weighted by Crippen LogP contribution is 2.50. The minimum atomic E-state index is -0.442. The van der Waals surface area contributed by atoms with E-state index in [1.54, 1.807) is 0 Å². The second-order valence-corrected chi connectivity index (χ2v) is 24.5. The topological polar surface area (TPSA) is 13.1 Å². The third-order valence-corrected chi connectivity index (χ3v) is 19.1. The summed E-state index contributed by atoms with van der Waals surface area (Å²) < 4.78 is 153. The largest absolute Gasteiger partial charge is 0.456 e. The highest BCUT2D eigenvalue weighted by Gasteiger charge is 2.23. The molecule has 450 valence electrons. The number of rotatable bonds is 7. The minimum absolute atomic E-state index is 0.161. The van der Waals surface area contributed by atoms with Gasteiger partial charge in [0.25, 0.3) is 0 Å². The molecule has 0 aliphatic carbocycles. The Bertz CT molecular complexity index is 7390. The second-order valence-electron chi connectivity index (χ2n) is 24.5. The van der Waals surface area contributed by atoms with E-state index >= 15 is 0 Å². The summed E-state index contributed by atoms with van der Waals surface area (Å²) in [6.07, 6.45) is 0. The third kappa shape index (κ3) is 9.54. The van der Waals surface area contributed by atoms with Gasteiger partial charge >= 0.3 is 0 Å². The molecule has 1 heterocycles. The minimum Gasteiger partial charge on any atom is -0.456 e. The van der Waals surface area contributed by atoms with Crippen LogP contribution in [0.2, 0.25) is 0 Å². The van der Waals surface area contributed by atoms with Crippen LogP contribution in [0.5, 0.6) is 0 Å². The molecule has 0 saturated heterocycles. The van der Waals surface area contributed by atoms with Crippen LogP contribution < -0.4 is 0 Å². The van der Waals surface area contributed by atoms with Gasteiger partial charge in [0.15, 0.2) is 0 Å². The van der Waals surface area contributed by atoms with E-state index in [1.165, 1.54) is 0 Å². The van der Waals surface area contributed by atoms with Crippen LogP contribution in [0.15, 0.2) is 368 Å². The summed E-state index contributed by atoms with van der Waals surface area (Å²) in [6, 6.07) is 81.8. The zero-order valence-electron chi connectivity index (χ0n) is 67.8. The quantitative estimate of drug-likeness (QED) is 0.145. The van der Waals surface area contributed by atoms with Crippen LogP contribution in [0.25, 0.3) is 197 Å². The molecule has 0 saturated carbocycles. The van der Waals surface area contributed by atoms with Crippen LogP contribution >= 0.6 is 0 Å². The molecule has 0 aliphatic rings. The molecule has 0 amide bonds. The lowest BCUT2D eigenvalue weighted by Gasteiger charge is -2.19. The lowest BCUT2D eigenvalue weighted by atomic mass is 9.84. The first kappa shape index (κ1) is 41.8. The molecule has 1 nitrogen and oxygen atoms in total. The van der Waals surface area contributed by atoms with Crippen LogP contribution in [0.4, 0.5) is 0 Å². The van der Waals surface area contributed by atoms with E-state index < -0.39 is 48.3 Å². The molecular formula is C96H60O. The standard InChI is InChI=1S/C50H30O.C46H30/c1-2-12-31(13-3-1)33-22-23-35-29-36(25-24-34(35)28-33)47-40-18-8-10-20-42(40)48(43-21-11-9-19-41(43)47)44-30-46-50(39-17-7-6-16-38(39)44)49-37-15-5-4-14-32(37)26-27-45(49)51-46;1-2-10-31(11-3-1)36-24-25-39-30-40(27-26-38(39)29-36)46-43-16-8-6-14-41(43)45(42-15-7-9-17-44(42)46)34-21-18-33(19-22-34)37-23-20-32-12-4-5-13-35(32)28-37/h1-30H;1-30H/i8D,9D,10D,11D,18D,19D,20D,21D;6D,7D,8D,9D,14D,15D,16D,17D. The maximum atomic E-state index is 9.55. The Labute approximate surface area is 584 Å². The summed E-state index contributed by atoms with van der Waals surface area (Å²) in [7, 11) is 0. The first-order valence-electron chi connectivity index (χ1n) is 40.2. The average Bonchev–Trinajstić information content (AvgIpc) is 0.830. The van der Waals surface area contributed by atoms with Crippen LogP contribution in [0.3, 0.4) is 0 Å². The van der Waals surface area contributed by atoms with Crippen LogP contribution in [0.1, 0.15) is 21.9 Å². The number of furan rings is 1. The number of benzene rings is 19. The number of fused-ring (bicyclic) bond motifs is 14. The van der Waals surface area contributed by atoms with Gasteiger partial charge in [-0.2, -0.15) is 0 Å². The summed E-state index contributed by atoms with van der Waals surface area (Å²) in [5.41, 5.74) is 10.9. The Kier molecular flexibility index (Phi) is 9.96. The highest BCUT2D eigenvalue weighted by atomic mass is 16.3. The molecule has 0 bridgehead atoms. The van der Waals surface area contributed by atoms with Gasteiger partial charge in [-0.15, -0.1) is 0 Å². The molecule has 19 aromatic carbocycles. The normalized spacial score (nSPS) is 14.0. The molecule has 97 heavy (non-hydrogen) atoms. The molecule has 20 aromatic rings. The van der Waals surface area contributed by atoms with Crippen molar-refractivity contribution in [3.8, 4) is 77.9 Å². The molecule has 20 rings (SSSR count). The van der Waals surface area contributed by atoms with Gasteiger partial charge in [0.05, 0.1) is 21.9 Å². The van der Waals surface area contributed by atoms with Gasteiger partial charge < -0.3 is 4.42 Å². The maximum absolute atomic E-state index is 9.55. The third-order valence-electron chi connectivity index (χ3n) is 19.1. The molecule has 0 fully saturated rings. The van der Waals surface area contributed by atoms with Gasteiger partial charge in [-0.05, 0) is 217 Å². The fraction of sp³-hybridized carbons (Fsp3) is 0.